The van der Waals surface area contributed by atoms with E-state index in [1.807, 2.05) is 27.8 Å². The lowest BCUT2D eigenvalue weighted by Crippen LogP contribution is -1.99. The van der Waals surface area contributed by atoms with E-state index in [4.69, 9.17) is 9.84 Å². The molecule has 2 heterocycles. The molecule has 1 N–H and O–H groups in total. The zero-order valence-corrected chi connectivity index (χ0v) is 10.9. The van der Waals surface area contributed by atoms with Crippen LogP contribution in [-0.2, 0) is 13.7 Å². The minimum Gasteiger partial charge on any atom is -0.420 e. The molecule has 0 saturated carbocycles. The van der Waals surface area contributed by atoms with Crippen molar-refractivity contribution in [1.29, 1.82) is 0 Å². The first-order chi connectivity index (χ1) is 8.52. The number of nitrogens with zero attached hydrogens (tertiary/aromatic N) is 4. The van der Waals surface area contributed by atoms with Gasteiger partial charge in [-0.3, -0.25) is 4.68 Å². The van der Waals surface area contributed by atoms with Crippen molar-refractivity contribution >= 4 is 0 Å². The third-order valence-corrected chi connectivity index (χ3v) is 2.87. The minimum atomic E-state index is -0.0724. The Morgan fingerprint density at radius 3 is 2.50 bits per heavy atom. The lowest BCUT2D eigenvalue weighted by atomic mass is 10.3. The SMILES string of the molecule is Cc1nc(Oc2c(C)nn(C)c2C)ncc1CO. The fourth-order valence-electron chi connectivity index (χ4n) is 1.67. The Balaban J connectivity index is 2.31. The topological polar surface area (TPSA) is 73.1 Å². The number of hydrogen-bond acceptors (Lipinski definition) is 5. The Labute approximate surface area is 105 Å². The van der Waals surface area contributed by atoms with Gasteiger partial charge in [0.15, 0.2) is 5.75 Å². The third-order valence-electron chi connectivity index (χ3n) is 2.87. The van der Waals surface area contributed by atoms with E-state index in [9.17, 15) is 0 Å². The fourth-order valence-corrected chi connectivity index (χ4v) is 1.67. The van der Waals surface area contributed by atoms with E-state index in [2.05, 4.69) is 15.1 Å². The summed E-state index contributed by atoms with van der Waals surface area (Å²) >= 11 is 0. The van der Waals surface area contributed by atoms with E-state index >= 15 is 0 Å². The second-order valence-corrected chi connectivity index (χ2v) is 4.15. The van der Waals surface area contributed by atoms with Crippen molar-refractivity contribution in [3.63, 3.8) is 0 Å². The largest absolute Gasteiger partial charge is 0.420 e. The lowest BCUT2D eigenvalue weighted by Gasteiger charge is -2.06. The van der Waals surface area contributed by atoms with E-state index in [-0.39, 0.29) is 12.6 Å². The Morgan fingerprint density at radius 1 is 1.28 bits per heavy atom. The Bertz CT molecular complexity index is 578. The van der Waals surface area contributed by atoms with Gasteiger partial charge in [-0.25, -0.2) is 4.98 Å². The van der Waals surface area contributed by atoms with Crippen molar-refractivity contribution in [2.75, 3.05) is 0 Å². The molecule has 0 fully saturated rings. The average molecular weight is 248 g/mol. The van der Waals surface area contributed by atoms with Crippen LogP contribution in [0.4, 0.5) is 0 Å². The van der Waals surface area contributed by atoms with Crippen LogP contribution in [0.3, 0.4) is 0 Å². The van der Waals surface area contributed by atoms with Gasteiger partial charge in [-0.1, -0.05) is 0 Å². The van der Waals surface area contributed by atoms with Crippen molar-refractivity contribution in [2.24, 2.45) is 7.05 Å². The summed E-state index contributed by atoms with van der Waals surface area (Å²) < 4.78 is 7.40. The molecule has 0 aliphatic carbocycles. The van der Waals surface area contributed by atoms with Crippen LogP contribution in [0.1, 0.15) is 22.6 Å². The molecule has 0 bridgehead atoms. The van der Waals surface area contributed by atoms with E-state index < -0.39 is 0 Å². The van der Waals surface area contributed by atoms with Gasteiger partial charge < -0.3 is 9.84 Å². The van der Waals surface area contributed by atoms with Crippen LogP contribution in [0.25, 0.3) is 0 Å². The molecule has 2 aromatic rings. The lowest BCUT2D eigenvalue weighted by molar-refractivity contribution is 0.279. The predicted molar refractivity (Wildman–Crippen MR) is 65.4 cm³/mol. The van der Waals surface area contributed by atoms with Crippen molar-refractivity contribution < 1.29 is 9.84 Å². The van der Waals surface area contributed by atoms with Crippen LogP contribution in [0.15, 0.2) is 6.20 Å². The molecule has 0 atom stereocenters. The number of aliphatic hydroxyl groups is 1. The Hall–Kier alpha value is -1.95. The van der Waals surface area contributed by atoms with Crippen molar-refractivity contribution in [3.8, 4) is 11.8 Å². The molecule has 0 spiro atoms. The van der Waals surface area contributed by atoms with E-state index in [1.165, 1.54) is 0 Å². The maximum Gasteiger partial charge on any atom is 0.322 e. The first-order valence-corrected chi connectivity index (χ1v) is 5.64. The number of ether oxygens (including phenoxy) is 1. The molecule has 0 aromatic carbocycles. The van der Waals surface area contributed by atoms with Crippen LogP contribution >= 0.6 is 0 Å². The number of rotatable bonds is 3. The molecular weight excluding hydrogens is 232 g/mol. The summed E-state index contributed by atoms with van der Waals surface area (Å²) in [7, 11) is 1.86. The molecule has 0 saturated heterocycles. The van der Waals surface area contributed by atoms with E-state index in [1.54, 1.807) is 10.9 Å². The summed E-state index contributed by atoms with van der Waals surface area (Å²) in [4.78, 5) is 8.27. The Kier molecular flexibility index (Phi) is 3.29. The summed E-state index contributed by atoms with van der Waals surface area (Å²) in [5, 5.41) is 13.3. The highest BCUT2D eigenvalue weighted by Crippen LogP contribution is 2.25. The number of hydrogen-bond donors (Lipinski definition) is 1. The Morgan fingerprint density at radius 2 is 2.00 bits per heavy atom. The van der Waals surface area contributed by atoms with Gasteiger partial charge in [0.2, 0.25) is 0 Å². The zero-order valence-electron chi connectivity index (χ0n) is 10.9. The minimum absolute atomic E-state index is 0.0724. The van der Waals surface area contributed by atoms with Crippen molar-refractivity contribution in [3.05, 3.63) is 28.8 Å². The van der Waals surface area contributed by atoms with Gasteiger partial charge in [0.25, 0.3) is 0 Å². The predicted octanol–water partition coefficient (Wildman–Crippen LogP) is 1.42. The maximum atomic E-state index is 9.06. The number of aromatic nitrogens is 4. The number of aryl methyl sites for hydroxylation is 3. The smallest absolute Gasteiger partial charge is 0.322 e. The van der Waals surface area contributed by atoms with Crippen molar-refractivity contribution in [2.45, 2.75) is 27.4 Å². The molecular formula is C12H16N4O2. The normalized spacial score (nSPS) is 10.7. The van der Waals surface area contributed by atoms with E-state index in [0.717, 1.165) is 11.4 Å². The van der Waals surface area contributed by atoms with Gasteiger partial charge in [-0.15, -0.1) is 0 Å². The van der Waals surface area contributed by atoms with Crippen LogP contribution < -0.4 is 4.74 Å². The van der Waals surface area contributed by atoms with E-state index in [0.29, 0.717) is 17.0 Å². The monoisotopic (exact) mass is 248 g/mol. The second kappa shape index (κ2) is 4.73. The van der Waals surface area contributed by atoms with Crippen LogP contribution in [0.2, 0.25) is 0 Å². The van der Waals surface area contributed by atoms with Crippen LogP contribution in [-0.4, -0.2) is 24.9 Å². The molecule has 18 heavy (non-hydrogen) atoms. The van der Waals surface area contributed by atoms with Gasteiger partial charge >= 0.3 is 6.01 Å². The molecule has 96 valence electrons. The molecule has 0 amide bonds. The molecule has 0 unspecified atom stereocenters. The van der Waals surface area contributed by atoms with Crippen LogP contribution in [0, 0.1) is 20.8 Å². The number of aliphatic hydroxyl groups excluding tert-OH is 1. The highest BCUT2D eigenvalue weighted by Gasteiger charge is 2.13. The first kappa shape index (κ1) is 12.5. The fraction of sp³-hybridized carbons (Fsp3) is 0.417. The molecule has 0 aliphatic heterocycles. The standard InChI is InChI=1S/C12H16N4O2/c1-7-10(6-17)5-13-12(14-7)18-11-8(2)15-16(4)9(11)3/h5,17H,6H2,1-4H3. The van der Waals surface area contributed by atoms with Gasteiger partial charge in [0, 0.05) is 18.8 Å². The summed E-state index contributed by atoms with van der Waals surface area (Å²) in [6.45, 7) is 5.53. The highest BCUT2D eigenvalue weighted by atomic mass is 16.5. The quantitative estimate of drug-likeness (QED) is 0.889. The van der Waals surface area contributed by atoms with Gasteiger partial charge in [-0.2, -0.15) is 10.1 Å². The molecule has 2 aromatic heterocycles. The second-order valence-electron chi connectivity index (χ2n) is 4.15. The van der Waals surface area contributed by atoms with Gasteiger partial charge in [-0.05, 0) is 20.8 Å². The molecule has 2 rings (SSSR count). The summed E-state index contributed by atoms with van der Waals surface area (Å²) in [5.74, 6) is 0.675. The van der Waals surface area contributed by atoms with Crippen LogP contribution in [0.5, 0.6) is 11.8 Å². The van der Waals surface area contributed by atoms with Gasteiger partial charge in [0.05, 0.1) is 18.0 Å². The summed E-state index contributed by atoms with van der Waals surface area (Å²) in [6.07, 6.45) is 1.57. The molecule has 6 nitrogen and oxygen atoms in total. The molecule has 0 radical (unpaired) electrons. The van der Waals surface area contributed by atoms with Gasteiger partial charge in [0.1, 0.15) is 5.69 Å². The zero-order chi connectivity index (χ0) is 13.3. The third kappa shape index (κ3) is 2.19. The highest BCUT2D eigenvalue weighted by molar-refractivity contribution is 5.34. The summed E-state index contributed by atoms with van der Waals surface area (Å²) in [5.41, 5.74) is 3.12. The molecule has 0 aliphatic rings. The van der Waals surface area contributed by atoms with Crippen molar-refractivity contribution in [1.82, 2.24) is 19.7 Å². The molecule has 6 heteroatoms. The summed E-state index contributed by atoms with van der Waals surface area (Å²) in [6, 6.07) is 0.268. The first-order valence-electron chi connectivity index (χ1n) is 5.64. The maximum absolute atomic E-state index is 9.06. The average Bonchev–Trinajstić information content (AvgIpc) is 2.56.